The normalized spacial score (nSPS) is 14.7. The zero-order valence-corrected chi connectivity index (χ0v) is 13.8. The molecule has 5 nitrogen and oxygen atoms in total. The molecule has 0 bridgehead atoms. The molecule has 0 aliphatic carbocycles. The third-order valence-corrected chi connectivity index (χ3v) is 4.49. The number of aryl methyl sites for hydroxylation is 2. The summed E-state index contributed by atoms with van der Waals surface area (Å²) < 4.78 is 2.25. The molecule has 122 valence electrons. The van der Waals surface area contributed by atoms with Crippen LogP contribution < -0.4 is 5.32 Å². The monoisotopic (exact) mass is 313 g/mol. The number of carbonyl (C=O) groups excluding carboxylic acids is 2. The van der Waals surface area contributed by atoms with Gasteiger partial charge in [0.25, 0.3) is 0 Å². The van der Waals surface area contributed by atoms with Gasteiger partial charge in [-0.15, -0.1) is 0 Å². The zero-order valence-electron chi connectivity index (χ0n) is 13.8. The first-order valence-electron chi connectivity index (χ1n) is 8.26. The Kier molecular flexibility index (Phi) is 4.37. The van der Waals surface area contributed by atoms with E-state index in [1.54, 1.807) is 4.90 Å². The van der Waals surface area contributed by atoms with Crippen LogP contribution in [0.1, 0.15) is 31.9 Å². The van der Waals surface area contributed by atoms with Gasteiger partial charge >= 0.3 is 0 Å². The molecule has 2 aromatic rings. The Bertz CT molecular complexity index is 748. The summed E-state index contributed by atoms with van der Waals surface area (Å²) in [5.74, 6) is 0.117. The van der Waals surface area contributed by atoms with E-state index in [0.717, 1.165) is 30.6 Å². The molecule has 0 unspecified atom stereocenters. The summed E-state index contributed by atoms with van der Waals surface area (Å²) in [5, 5.41) is 4.07. The molecule has 1 saturated heterocycles. The van der Waals surface area contributed by atoms with E-state index in [1.165, 1.54) is 11.2 Å². The fourth-order valence-electron chi connectivity index (χ4n) is 3.31. The van der Waals surface area contributed by atoms with Crippen molar-refractivity contribution in [3.8, 4) is 0 Å². The van der Waals surface area contributed by atoms with E-state index in [2.05, 4.69) is 29.8 Å². The van der Waals surface area contributed by atoms with Gasteiger partial charge in [0, 0.05) is 54.8 Å². The molecular formula is C18H23N3O2. The maximum Gasteiger partial charge on any atom is 0.226 e. The van der Waals surface area contributed by atoms with Crippen LogP contribution in [0.25, 0.3) is 10.9 Å². The van der Waals surface area contributed by atoms with E-state index in [4.69, 9.17) is 0 Å². The van der Waals surface area contributed by atoms with Gasteiger partial charge in [-0.1, -0.05) is 0 Å². The number of anilines is 1. The van der Waals surface area contributed by atoms with Gasteiger partial charge in [-0.3, -0.25) is 9.59 Å². The minimum Gasteiger partial charge on any atom is -0.345 e. The Morgan fingerprint density at radius 2 is 2.13 bits per heavy atom. The summed E-state index contributed by atoms with van der Waals surface area (Å²) >= 11 is 0. The number of benzene rings is 1. The van der Waals surface area contributed by atoms with Gasteiger partial charge in [-0.05, 0) is 44.5 Å². The van der Waals surface area contributed by atoms with Crippen LogP contribution in [-0.4, -0.2) is 34.4 Å². The summed E-state index contributed by atoms with van der Waals surface area (Å²) in [7, 11) is 0. The number of rotatable bonds is 5. The number of likely N-dealkylation sites (tertiary alicyclic amines) is 1. The average Bonchev–Trinajstić information content (AvgIpc) is 3.06. The molecule has 5 heteroatoms. The van der Waals surface area contributed by atoms with E-state index in [9.17, 15) is 9.59 Å². The van der Waals surface area contributed by atoms with Crippen LogP contribution in [0, 0.1) is 6.92 Å². The van der Waals surface area contributed by atoms with Gasteiger partial charge in [-0.2, -0.15) is 0 Å². The first-order valence-corrected chi connectivity index (χ1v) is 8.26. The molecule has 1 N–H and O–H groups in total. The summed E-state index contributed by atoms with van der Waals surface area (Å²) in [6, 6.07) is 8.13. The highest BCUT2D eigenvalue weighted by atomic mass is 16.2. The number of carbonyl (C=O) groups is 2. The highest BCUT2D eigenvalue weighted by Crippen LogP contribution is 2.23. The molecule has 1 aromatic carbocycles. The summed E-state index contributed by atoms with van der Waals surface area (Å²) in [5.41, 5.74) is 3.22. The minimum absolute atomic E-state index is 0.0457. The average molecular weight is 313 g/mol. The lowest BCUT2D eigenvalue weighted by atomic mass is 10.2. The first kappa shape index (κ1) is 15.6. The maximum atomic E-state index is 12.1. The van der Waals surface area contributed by atoms with Crippen molar-refractivity contribution in [2.45, 2.75) is 39.7 Å². The van der Waals surface area contributed by atoms with Crippen molar-refractivity contribution in [1.29, 1.82) is 0 Å². The Morgan fingerprint density at radius 3 is 2.83 bits per heavy atom. The second-order valence-corrected chi connectivity index (χ2v) is 6.09. The molecule has 2 heterocycles. The summed E-state index contributed by atoms with van der Waals surface area (Å²) in [6.07, 6.45) is 1.87. The lowest BCUT2D eigenvalue weighted by Crippen LogP contribution is -2.28. The van der Waals surface area contributed by atoms with Crippen LogP contribution in [0.2, 0.25) is 0 Å². The molecule has 0 atom stereocenters. The molecule has 0 spiro atoms. The van der Waals surface area contributed by atoms with Crippen molar-refractivity contribution in [3.05, 3.63) is 30.0 Å². The standard InChI is InChI=1S/C18H23N3O2/c1-3-21-13(2)11-14-12-15(6-7-16(14)21)19-17(22)8-10-20-9-4-5-18(20)23/h6-7,11-12H,3-5,8-10H2,1-2H3,(H,19,22). The van der Waals surface area contributed by atoms with Crippen LogP contribution in [0.5, 0.6) is 0 Å². The smallest absolute Gasteiger partial charge is 0.226 e. The third-order valence-electron chi connectivity index (χ3n) is 4.49. The molecule has 3 rings (SSSR count). The number of hydrogen-bond donors (Lipinski definition) is 1. The fourth-order valence-corrected chi connectivity index (χ4v) is 3.31. The van der Waals surface area contributed by atoms with Gasteiger partial charge in [0.2, 0.25) is 11.8 Å². The molecule has 1 aliphatic rings. The van der Waals surface area contributed by atoms with Crippen molar-refractivity contribution in [1.82, 2.24) is 9.47 Å². The topological polar surface area (TPSA) is 54.3 Å². The first-order chi connectivity index (χ1) is 11.1. The lowest BCUT2D eigenvalue weighted by molar-refractivity contribution is -0.128. The number of fused-ring (bicyclic) bond motifs is 1. The molecule has 0 saturated carbocycles. The number of nitrogens with one attached hydrogen (secondary N) is 1. The van der Waals surface area contributed by atoms with Crippen molar-refractivity contribution >= 4 is 28.4 Å². The Balaban J connectivity index is 1.64. The quantitative estimate of drug-likeness (QED) is 0.923. The highest BCUT2D eigenvalue weighted by Gasteiger charge is 2.20. The van der Waals surface area contributed by atoms with Gasteiger partial charge < -0.3 is 14.8 Å². The van der Waals surface area contributed by atoms with Crippen LogP contribution >= 0.6 is 0 Å². The van der Waals surface area contributed by atoms with Crippen LogP contribution in [0.15, 0.2) is 24.3 Å². The second-order valence-electron chi connectivity index (χ2n) is 6.09. The lowest BCUT2D eigenvalue weighted by Gasteiger charge is -2.15. The van der Waals surface area contributed by atoms with Gasteiger partial charge in [0.05, 0.1) is 0 Å². The van der Waals surface area contributed by atoms with E-state index in [1.807, 2.05) is 18.2 Å². The van der Waals surface area contributed by atoms with Crippen molar-refractivity contribution in [2.75, 3.05) is 18.4 Å². The van der Waals surface area contributed by atoms with E-state index in [-0.39, 0.29) is 11.8 Å². The Hall–Kier alpha value is -2.30. The van der Waals surface area contributed by atoms with Gasteiger partial charge in [-0.25, -0.2) is 0 Å². The number of aromatic nitrogens is 1. The van der Waals surface area contributed by atoms with E-state index >= 15 is 0 Å². The van der Waals surface area contributed by atoms with E-state index < -0.39 is 0 Å². The zero-order chi connectivity index (χ0) is 16.4. The highest BCUT2D eigenvalue weighted by molar-refractivity contribution is 5.94. The van der Waals surface area contributed by atoms with Gasteiger partial charge in [0.15, 0.2) is 0 Å². The van der Waals surface area contributed by atoms with Crippen molar-refractivity contribution in [3.63, 3.8) is 0 Å². The minimum atomic E-state index is -0.0457. The van der Waals surface area contributed by atoms with Crippen LogP contribution in [0.4, 0.5) is 5.69 Å². The fraction of sp³-hybridized carbons (Fsp3) is 0.444. The molecule has 0 radical (unpaired) electrons. The summed E-state index contributed by atoms with van der Waals surface area (Å²) in [4.78, 5) is 25.4. The molecule has 1 aromatic heterocycles. The van der Waals surface area contributed by atoms with Crippen LogP contribution in [0.3, 0.4) is 0 Å². The predicted molar refractivity (Wildman–Crippen MR) is 91.4 cm³/mol. The van der Waals surface area contributed by atoms with Crippen molar-refractivity contribution < 1.29 is 9.59 Å². The van der Waals surface area contributed by atoms with Crippen molar-refractivity contribution in [2.24, 2.45) is 0 Å². The second kappa shape index (κ2) is 6.44. The molecule has 1 aliphatic heterocycles. The molecule has 2 amide bonds. The molecule has 23 heavy (non-hydrogen) atoms. The number of nitrogens with zero attached hydrogens (tertiary/aromatic N) is 2. The largest absolute Gasteiger partial charge is 0.345 e. The third kappa shape index (κ3) is 3.23. The van der Waals surface area contributed by atoms with E-state index in [0.29, 0.717) is 19.4 Å². The van der Waals surface area contributed by atoms with Gasteiger partial charge in [0.1, 0.15) is 0 Å². The SMILES string of the molecule is CCn1c(C)cc2cc(NC(=O)CCN3CCCC3=O)ccc21. The molecular weight excluding hydrogens is 290 g/mol. The number of amides is 2. The van der Waals surface area contributed by atoms with Crippen LogP contribution in [-0.2, 0) is 16.1 Å². The predicted octanol–water partition coefficient (Wildman–Crippen LogP) is 2.92. The summed E-state index contributed by atoms with van der Waals surface area (Å²) in [6.45, 7) is 6.45. The molecule has 1 fully saturated rings. The maximum absolute atomic E-state index is 12.1. The number of hydrogen-bond acceptors (Lipinski definition) is 2. The Morgan fingerprint density at radius 1 is 1.30 bits per heavy atom. The Labute approximate surface area is 136 Å².